The monoisotopic (exact) mass is 282 g/mol. The maximum atomic E-state index is 6.13. The average Bonchev–Trinajstić information content (AvgIpc) is 2.41. The zero-order valence-electron chi connectivity index (χ0n) is 11.5. The molecular weight excluding hydrogens is 260 g/mol. The van der Waals surface area contributed by atoms with Crippen molar-refractivity contribution in [3.05, 3.63) is 34.9 Å². The Bertz CT molecular complexity index is 399. The molecule has 106 valence electrons. The third-order valence-corrected chi connectivity index (χ3v) is 4.24. The summed E-state index contributed by atoms with van der Waals surface area (Å²) in [5, 5.41) is 0.736. The van der Waals surface area contributed by atoms with Crippen molar-refractivity contribution in [3.63, 3.8) is 0 Å². The molecule has 1 aromatic rings. The highest BCUT2D eigenvalue weighted by atomic mass is 35.5. The van der Waals surface area contributed by atoms with Crippen molar-refractivity contribution in [2.75, 3.05) is 6.61 Å². The van der Waals surface area contributed by atoms with Crippen molar-refractivity contribution < 1.29 is 4.74 Å². The number of hydrogen-bond acceptors (Lipinski definition) is 3. The van der Waals surface area contributed by atoms with Gasteiger partial charge in [0, 0.05) is 11.6 Å². The summed E-state index contributed by atoms with van der Waals surface area (Å²) in [6.45, 7) is 2.75. The summed E-state index contributed by atoms with van der Waals surface area (Å²) >= 11 is 6.10. The number of ether oxygens (including phenoxy) is 1. The maximum absolute atomic E-state index is 6.13. The highest BCUT2D eigenvalue weighted by Crippen LogP contribution is 2.41. The van der Waals surface area contributed by atoms with Crippen LogP contribution in [0.4, 0.5) is 0 Å². The fourth-order valence-corrected chi connectivity index (χ4v) is 3.39. The Morgan fingerprint density at radius 1 is 1.37 bits per heavy atom. The summed E-state index contributed by atoms with van der Waals surface area (Å²) < 4.78 is 6.13. The van der Waals surface area contributed by atoms with Gasteiger partial charge in [0.15, 0.2) is 0 Å². The van der Waals surface area contributed by atoms with E-state index in [0.29, 0.717) is 6.61 Å². The minimum atomic E-state index is -0.202. The maximum Gasteiger partial charge on any atom is 0.0889 e. The first-order valence-electron chi connectivity index (χ1n) is 7.07. The lowest BCUT2D eigenvalue weighted by atomic mass is 9.77. The first-order chi connectivity index (χ1) is 9.22. The van der Waals surface area contributed by atoms with Crippen molar-refractivity contribution >= 4 is 11.6 Å². The molecule has 1 aromatic carbocycles. The van der Waals surface area contributed by atoms with Gasteiger partial charge in [-0.05, 0) is 37.5 Å². The zero-order chi connectivity index (χ0) is 13.7. The Morgan fingerprint density at radius 2 is 2.11 bits per heavy atom. The van der Waals surface area contributed by atoms with E-state index in [-0.39, 0.29) is 11.6 Å². The van der Waals surface area contributed by atoms with Crippen LogP contribution in [0.5, 0.6) is 0 Å². The zero-order valence-corrected chi connectivity index (χ0v) is 12.2. The SMILES string of the molecule is CCOC1(C(NN)c2cccc(Cl)c2)CCCCC1. The van der Waals surface area contributed by atoms with E-state index in [0.717, 1.165) is 23.4 Å². The molecule has 0 bridgehead atoms. The second-order valence-electron chi connectivity index (χ2n) is 5.21. The Labute approximate surface area is 120 Å². The van der Waals surface area contributed by atoms with Crippen LogP contribution in [0.1, 0.15) is 50.6 Å². The number of halogens is 1. The molecule has 1 atom stereocenters. The summed E-state index contributed by atoms with van der Waals surface area (Å²) in [6, 6.07) is 7.87. The van der Waals surface area contributed by atoms with Gasteiger partial charge < -0.3 is 4.74 Å². The molecule has 1 saturated carbocycles. The molecule has 1 aliphatic carbocycles. The predicted octanol–water partition coefficient (Wildman–Crippen LogP) is 3.58. The van der Waals surface area contributed by atoms with Crippen LogP contribution in [0.3, 0.4) is 0 Å². The van der Waals surface area contributed by atoms with Gasteiger partial charge in [-0.1, -0.05) is 43.0 Å². The molecule has 0 aromatic heterocycles. The highest BCUT2D eigenvalue weighted by molar-refractivity contribution is 6.30. The van der Waals surface area contributed by atoms with E-state index in [4.69, 9.17) is 22.2 Å². The number of hydrogen-bond donors (Lipinski definition) is 2. The topological polar surface area (TPSA) is 47.3 Å². The Balaban J connectivity index is 2.31. The fourth-order valence-electron chi connectivity index (χ4n) is 3.19. The molecule has 0 amide bonds. The fraction of sp³-hybridized carbons (Fsp3) is 0.600. The highest BCUT2D eigenvalue weighted by Gasteiger charge is 2.41. The van der Waals surface area contributed by atoms with Gasteiger partial charge >= 0.3 is 0 Å². The molecule has 0 spiro atoms. The standard InChI is InChI=1S/C15H23ClN2O/c1-2-19-15(9-4-3-5-10-15)14(18-17)12-7-6-8-13(16)11-12/h6-8,11,14,18H,2-5,9-10,17H2,1H3. The van der Waals surface area contributed by atoms with E-state index in [1.807, 2.05) is 25.1 Å². The Hall–Kier alpha value is -0.610. The Morgan fingerprint density at radius 3 is 2.68 bits per heavy atom. The number of rotatable bonds is 5. The molecule has 1 fully saturated rings. The molecule has 0 saturated heterocycles. The molecule has 19 heavy (non-hydrogen) atoms. The van der Waals surface area contributed by atoms with Crippen molar-refractivity contribution in [3.8, 4) is 0 Å². The van der Waals surface area contributed by atoms with Crippen LogP contribution in [-0.4, -0.2) is 12.2 Å². The van der Waals surface area contributed by atoms with E-state index in [9.17, 15) is 0 Å². The number of benzene rings is 1. The van der Waals surface area contributed by atoms with Gasteiger partial charge in [0.25, 0.3) is 0 Å². The van der Waals surface area contributed by atoms with Crippen molar-refractivity contribution in [1.29, 1.82) is 0 Å². The lowest BCUT2D eigenvalue weighted by Crippen LogP contribution is -2.49. The molecule has 3 N–H and O–H groups in total. The quantitative estimate of drug-likeness (QED) is 0.641. The van der Waals surface area contributed by atoms with Crippen LogP contribution < -0.4 is 11.3 Å². The molecule has 1 aliphatic rings. The lowest BCUT2D eigenvalue weighted by Gasteiger charge is -2.43. The van der Waals surface area contributed by atoms with E-state index in [2.05, 4.69) is 11.5 Å². The third kappa shape index (κ3) is 3.29. The van der Waals surface area contributed by atoms with Gasteiger partial charge in [0.2, 0.25) is 0 Å². The minimum absolute atomic E-state index is 0.00792. The van der Waals surface area contributed by atoms with E-state index < -0.39 is 0 Å². The number of nitrogens with two attached hydrogens (primary N) is 1. The number of hydrazine groups is 1. The van der Waals surface area contributed by atoms with Crippen molar-refractivity contribution in [1.82, 2.24) is 5.43 Å². The molecule has 1 unspecified atom stereocenters. The van der Waals surface area contributed by atoms with Crippen LogP contribution in [-0.2, 0) is 4.74 Å². The molecular formula is C15H23ClN2O. The lowest BCUT2D eigenvalue weighted by molar-refractivity contribution is -0.0913. The summed E-state index contributed by atoms with van der Waals surface area (Å²) in [4.78, 5) is 0. The van der Waals surface area contributed by atoms with Gasteiger partial charge in [0.05, 0.1) is 11.6 Å². The minimum Gasteiger partial charge on any atom is -0.373 e. The number of nitrogens with one attached hydrogen (secondary N) is 1. The normalized spacial score (nSPS) is 20.2. The average molecular weight is 283 g/mol. The van der Waals surface area contributed by atoms with Crippen LogP contribution in [0, 0.1) is 0 Å². The van der Waals surface area contributed by atoms with Crippen molar-refractivity contribution in [2.45, 2.75) is 50.7 Å². The smallest absolute Gasteiger partial charge is 0.0889 e. The summed E-state index contributed by atoms with van der Waals surface area (Å²) in [6.07, 6.45) is 5.75. The van der Waals surface area contributed by atoms with Crippen LogP contribution in [0.25, 0.3) is 0 Å². The van der Waals surface area contributed by atoms with Crippen LogP contribution in [0.15, 0.2) is 24.3 Å². The molecule has 2 rings (SSSR count). The van der Waals surface area contributed by atoms with Crippen molar-refractivity contribution in [2.24, 2.45) is 5.84 Å². The molecule has 3 nitrogen and oxygen atoms in total. The molecule has 0 heterocycles. The third-order valence-electron chi connectivity index (χ3n) is 4.01. The second kappa shape index (κ2) is 6.71. The van der Waals surface area contributed by atoms with E-state index in [1.54, 1.807) is 0 Å². The molecule has 0 aliphatic heterocycles. The van der Waals surface area contributed by atoms with E-state index in [1.165, 1.54) is 19.3 Å². The van der Waals surface area contributed by atoms with Crippen LogP contribution in [0.2, 0.25) is 5.02 Å². The van der Waals surface area contributed by atoms with Gasteiger partial charge in [0.1, 0.15) is 0 Å². The van der Waals surface area contributed by atoms with E-state index >= 15 is 0 Å². The second-order valence-corrected chi connectivity index (χ2v) is 5.65. The largest absolute Gasteiger partial charge is 0.373 e. The summed E-state index contributed by atoms with van der Waals surface area (Å²) in [7, 11) is 0. The molecule has 0 radical (unpaired) electrons. The summed E-state index contributed by atoms with van der Waals surface area (Å²) in [5.74, 6) is 5.83. The van der Waals surface area contributed by atoms with Crippen LogP contribution >= 0.6 is 11.6 Å². The predicted molar refractivity (Wildman–Crippen MR) is 79.0 cm³/mol. The van der Waals surface area contributed by atoms with Gasteiger partial charge in [-0.2, -0.15) is 0 Å². The van der Waals surface area contributed by atoms with Gasteiger partial charge in [-0.3, -0.25) is 11.3 Å². The molecule has 4 heteroatoms. The Kier molecular flexibility index (Phi) is 5.22. The van der Waals surface area contributed by atoms with Gasteiger partial charge in [-0.25, -0.2) is 0 Å². The first-order valence-corrected chi connectivity index (χ1v) is 7.45. The first kappa shape index (κ1) is 14.8. The van der Waals surface area contributed by atoms with Gasteiger partial charge in [-0.15, -0.1) is 0 Å². The summed E-state index contributed by atoms with van der Waals surface area (Å²) in [5.41, 5.74) is 3.86.